The van der Waals surface area contributed by atoms with E-state index in [2.05, 4.69) is 69.4 Å². The summed E-state index contributed by atoms with van der Waals surface area (Å²) in [6.45, 7) is 6.61. The Bertz CT molecular complexity index is 1280. The van der Waals surface area contributed by atoms with Gasteiger partial charge in [-0.05, 0) is 77.0 Å². The molecule has 6 heteroatoms. The molecule has 0 radical (unpaired) electrons. The Hall–Kier alpha value is -2.63. The highest BCUT2D eigenvalue weighted by Crippen LogP contribution is 2.17. The number of hydrogen-bond donors (Lipinski definition) is 0. The molecule has 0 saturated carbocycles. The molecule has 0 aromatic heterocycles. The van der Waals surface area contributed by atoms with E-state index in [9.17, 15) is 14.4 Å². The topological polar surface area (TPSA) is 78.9 Å². The number of carbonyl (C=O) groups excluding carboxylic acids is 3. The number of rotatable bonds is 60. The average molecular weight is 1040 g/mol. The van der Waals surface area contributed by atoms with E-state index < -0.39 is 6.10 Å². The fourth-order valence-corrected chi connectivity index (χ4v) is 9.63. The average Bonchev–Trinajstić information content (AvgIpc) is 3.40. The Labute approximate surface area is 460 Å². The van der Waals surface area contributed by atoms with Gasteiger partial charge in [-0.2, -0.15) is 0 Å². The number of esters is 3. The van der Waals surface area contributed by atoms with Crippen molar-refractivity contribution in [1.82, 2.24) is 0 Å². The molecule has 0 N–H and O–H groups in total. The summed E-state index contributed by atoms with van der Waals surface area (Å²) in [5, 5.41) is 0. The lowest BCUT2D eigenvalue weighted by Crippen LogP contribution is -2.30. The quantitative estimate of drug-likeness (QED) is 0.0261. The Balaban J connectivity index is 4.14. The zero-order valence-corrected chi connectivity index (χ0v) is 49.6. The van der Waals surface area contributed by atoms with Crippen LogP contribution >= 0.6 is 0 Å². The molecular formula is C68H124O6. The molecule has 0 aliphatic rings. The molecule has 1 unspecified atom stereocenters. The Morgan fingerprint density at radius 3 is 0.824 bits per heavy atom. The second-order valence-corrected chi connectivity index (χ2v) is 22.0. The molecular weight excluding hydrogens is 913 g/mol. The molecule has 0 bridgehead atoms. The fraction of sp³-hybridized carbons (Fsp3) is 0.838. The van der Waals surface area contributed by atoms with Gasteiger partial charge in [-0.1, -0.05) is 301 Å². The lowest BCUT2D eigenvalue weighted by Gasteiger charge is -2.18. The van der Waals surface area contributed by atoms with Gasteiger partial charge in [0.15, 0.2) is 6.10 Å². The maximum Gasteiger partial charge on any atom is 0.306 e. The van der Waals surface area contributed by atoms with Gasteiger partial charge in [0.05, 0.1) is 0 Å². The van der Waals surface area contributed by atoms with Crippen LogP contribution in [0.3, 0.4) is 0 Å². The molecule has 432 valence electrons. The van der Waals surface area contributed by atoms with Crippen LogP contribution in [0.25, 0.3) is 0 Å². The second-order valence-electron chi connectivity index (χ2n) is 22.0. The third-order valence-electron chi connectivity index (χ3n) is 14.5. The van der Waals surface area contributed by atoms with Crippen molar-refractivity contribution in [2.24, 2.45) is 0 Å². The van der Waals surface area contributed by atoms with Gasteiger partial charge < -0.3 is 14.2 Å². The summed E-state index contributed by atoms with van der Waals surface area (Å²) in [6.07, 6.45) is 78.5. The number of carbonyl (C=O) groups is 3. The first-order chi connectivity index (χ1) is 36.5. The highest BCUT2D eigenvalue weighted by atomic mass is 16.6. The van der Waals surface area contributed by atoms with Crippen LogP contribution in [0.1, 0.15) is 348 Å². The normalized spacial score (nSPS) is 12.3. The van der Waals surface area contributed by atoms with E-state index >= 15 is 0 Å². The molecule has 0 aromatic carbocycles. The van der Waals surface area contributed by atoms with Crippen molar-refractivity contribution >= 4 is 17.9 Å². The van der Waals surface area contributed by atoms with Crippen LogP contribution in [-0.2, 0) is 28.6 Å². The molecule has 0 rings (SSSR count). The third-order valence-corrected chi connectivity index (χ3v) is 14.5. The number of hydrogen-bond acceptors (Lipinski definition) is 6. The second kappa shape index (κ2) is 62.9. The molecule has 0 fully saturated rings. The van der Waals surface area contributed by atoms with E-state index in [1.165, 1.54) is 225 Å². The Morgan fingerprint density at radius 1 is 0.270 bits per heavy atom. The van der Waals surface area contributed by atoms with Gasteiger partial charge in [0.1, 0.15) is 13.2 Å². The van der Waals surface area contributed by atoms with Crippen molar-refractivity contribution in [2.45, 2.75) is 354 Å². The minimum absolute atomic E-state index is 0.0719. The SMILES string of the molecule is CCC/C=C\CCCCCCCC(=O)OCC(COC(=O)CCCCCCCCCCCCCCCC/C=C\C/C=C\C/C=C\CCCCCCC)OC(=O)CCCCCCCCCCCCCCCCCCC. The number of allylic oxidation sites excluding steroid dienone is 8. The molecule has 1 atom stereocenters. The number of ether oxygens (including phenoxy) is 3. The van der Waals surface area contributed by atoms with E-state index in [0.717, 1.165) is 83.5 Å². The first kappa shape index (κ1) is 71.4. The van der Waals surface area contributed by atoms with Crippen molar-refractivity contribution in [3.8, 4) is 0 Å². The van der Waals surface area contributed by atoms with Crippen LogP contribution in [0.4, 0.5) is 0 Å². The number of unbranched alkanes of at least 4 members (excludes halogenated alkanes) is 41. The molecule has 0 saturated heterocycles. The van der Waals surface area contributed by atoms with Gasteiger partial charge in [0.2, 0.25) is 0 Å². The summed E-state index contributed by atoms with van der Waals surface area (Å²) in [4.78, 5) is 38.2. The van der Waals surface area contributed by atoms with Crippen LogP contribution in [0, 0.1) is 0 Å². The molecule has 6 nitrogen and oxygen atoms in total. The first-order valence-corrected chi connectivity index (χ1v) is 32.6. The van der Waals surface area contributed by atoms with E-state index in [1.54, 1.807) is 0 Å². The van der Waals surface area contributed by atoms with Crippen molar-refractivity contribution in [3.63, 3.8) is 0 Å². The lowest BCUT2D eigenvalue weighted by atomic mass is 10.0. The van der Waals surface area contributed by atoms with Crippen molar-refractivity contribution < 1.29 is 28.6 Å². The van der Waals surface area contributed by atoms with Crippen LogP contribution in [0.2, 0.25) is 0 Å². The highest BCUT2D eigenvalue weighted by molar-refractivity contribution is 5.71. The lowest BCUT2D eigenvalue weighted by molar-refractivity contribution is -0.167. The largest absolute Gasteiger partial charge is 0.462 e. The highest BCUT2D eigenvalue weighted by Gasteiger charge is 2.19. The van der Waals surface area contributed by atoms with Crippen LogP contribution < -0.4 is 0 Å². The molecule has 0 aliphatic carbocycles. The molecule has 0 aromatic rings. The summed E-state index contributed by atoms with van der Waals surface area (Å²) in [5.41, 5.74) is 0. The predicted octanol–water partition coefficient (Wildman–Crippen LogP) is 22.2. The van der Waals surface area contributed by atoms with Crippen molar-refractivity contribution in [2.75, 3.05) is 13.2 Å². The van der Waals surface area contributed by atoms with Crippen LogP contribution in [0.5, 0.6) is 0 Å². The summed E-state index contributed by atoms with van der Waals surface area (Å²) < 4.78 is 16.9. The first-order valence-electron chi connectivity index (χ1n) is 32.6. The van der Waals surface area contributed by atoms with Crippen LogP contribution in [-0.4, -0.2) is 37.2 Å². The maximum absolute atomic E-state index is 12.9. The van der Waals surface area contributed by atoms with Gasteiger partial charge in [0, 0.05) is 19.3 Å². The minimum atomic E-state index is -0.773. The van der Waals surface area contributed by atoms with Crippen LogP contribution in [0.15, 0.2) is 48.6 Å². The van der Waals surface area contributed by atoms with Gasteiger partial charge >= 0.3 is 17.9 Å². The predicted molar refractivity (Wildman–Crippen MR) is 321 cm³/mol. The van der Waals surface area contributed by atoms with Gasteiger partial charge in [-0.3, -0.25) is 14.4 Å². The molecule has 0 aliphatic heterocycles. The Kier molecular flexibility index (Phi) is 60.7. The monoisotopic (exact) mass is 1040 g/mol. The minimum Gasteiger partial charge on any atom is -0.462 e. The van der Waals surface area contributed by atoms with Crippen molar-refractivity contribution in [3.05, 3.63) is 48.6 Å². The van der Waals surface area contributed by atoms with E-state index in [1.807, 2.05) is 0 Å². The Morgan fingerprint density at radius 2 is 0.514 bits per heavy atom. The fourth-order valence-electron chi connectivity index (χ4n) is 9.63. The zero-order valence-electron chi connectivity index (χ0n) is 49.6. The zero-order chi connectivity index (χ0) is 53.6. The van der Waals surface area contributed by atoms with E-state index in [4.69, 9.17) is 14.2 Å². The maximum atomic E-state index is 12.9. The van der Waals surface area contributed by atoms with Gasteiger partial charge in [-0.15, -0.1) is 0 Å². The molecule has 0 spiro atoms. The molecule has 0 amide bonds. The van der Waals surface area contributed by atoms with E-state index in [-0.39, 0.29) is 31.1 Å². The summed E-state index contributed by atoms with van der Waals surface area (Å²) in [5.74, 6) is -0.863. The standard InChI is InChI=1S/C68H124O6/c1-4-7-10-13-16-19-22-24-26-28-29-30-31-32-33-34-35-36-37-38-39-41-42-44-46-49-52-55-58-61-67(70)73-64-65(63-72-66(69)60-57-54-51-48-21-18-15-12-9-6-3)74-68(71)62-59-56-53-50-47-45-43-40-27-25-23-20-17-14-11-8-5-2/h12,15,22,24,28-29,31-32,65H,4-11,13-14,16-21,23,25-27,30,33-64H2,1-3H3/b15-12-,24-22-,29-28-,32-31-. The smallest absolute Gasteiger partial charge is 0.306 e. The summed E-state index contributed by atoms with van der Waals surface area (Å²) in [7, 11) is 0. The summed E-state index contributed by atoms with van der Waals surface area (Å²) in [6, 6.07) is 0. The van der Waals surface area contributed by atoms with Gasteiger partial charge in [0.25, 0.3) is 0 Å². The van der Waals surface area contributed by atoms with Gasteiger partial charge in [-0.25, -0.2) is 0 Å². The third kappa shape index (κ3) is 60.2. The summed E-state index contributed by atoms with van der Waals surface area (Å²) >= 11 is 0. The molecule has 0 heterocycles. The van der Waals surface area contributed by atoms with E-state index in [0.29, 0.717) is 19.3 Å². The van der Waals surface area contributed by atoms with Crippen molar-refractivity contribution in [1.29, 1.82) is 0 Å². The molecule has 74 heavy (non-hydrogen) atoms.